The summed E-state index contributed by atoms with van der Waals surface area (Å²) >= 11 is 3.50. The van der Waals surface area contributed by atoms with Crippen LogP contribution < -0.4 is 10.1 Å². The van der Waals surface area contributed by atoms with E-state index in [4.69, 9.17) is 4.74 Å². The maximum absolute atomic E-state index is 11.3. The van der Waals surface area contributed by atoms with Gasteiger partial charge in [0, 0.05) is 30.4 Å². The number of hydrogen-bond donors (Lipinski definition) is 1. The molecular weight excluding hydrogens is 334 g/mol. The predicted octanol–water partition coefficient (Wildman–Crippen LogP) is 2.55. The molecule has 1 aliphatic heterocycles. The van der Waals surface area contributed by atoms with Crippen molar-refractivity contribution in [2.75, 3.05) is 6.54 Å². The lowest BCUT2D eigenvalue weighted by molar-refractivity contribution is -0.119. The van der Waals surface area contributed by atoms with E-state index in [1.165, 1.54) is 0 Å². The zero-order valence-electron chi connectivity index (χ0n) is 12.3. The van der Waals surface area contributed by atoms with Gasteiger partial charge in [0.1, 0.15) is 23.2 Å². The highest BCUT2D eigenvalue weighted by Crippen LogP contribution is 2.32. The molecule has 1 amide bonds. The first-order valence-corrected chi connectivity index (χ1v) is 7.81. The zero-order chi connectivity index (χ0) is 15.1. The topological polar surface area (TPSA) is 56.1 Å². The summed E-state index contributed by atoms with van der Waals surface area (Å²) in [5.74, 6) is 2.06. The van der Waals surface area contributed by atoms with Crippen molar-refractivity contribution in [3.8, 4) is 5.75 Å². The van der Waals surface area contributed by atoms with E-state index < -0.39 is 0 Å². The van der Waals surface area contributed by atoms with Crippen molar-refractivity contribution in [1.29, 1.82) is 0 Å². The van der Waals surface area contributed by atoms with E-state index in [-0.39, 0.29) is 17.9 Å². The minimum atomic E-state index is -0.0309. The quantitative estimate of drug-likeness (QED) is 0.924. The van der Waals surface area contributed by atoms with Crippen LogP contribution in [0.25, 0.3) is 11.0 Å². The molecule has 1 fully saturated rings. The van der Waals surface area contributed by atoms with Crippen LogP contribution in [0.3, 0.4) is 0 Å². The average Bonchev–Trinajstić information content (AvgIpc) is 2.95. The molecule has 1 N–H and O–H groups in total. The second-order valence-corrected chi connectivity index (χ2v) is 6.50. The van der Waals surface area contributed by atoms with Gasteiger partial charge < -0.3 is 14.6 Å². The fraction of sp³-hybridized carbons (Fsp3) is 0.467. The Morgan fingerprint density at radius 1 is 1.52 bits per heavy atom. The number of imidazole rings is 1. The van der Waals surface area contributed by atoms with Crippen LogP contribution in [-0.4, -0.2) is 28.1 Å². The highest BCUT2D eigenvalue weighted by Gasteiger charge is 2.28. The Kier molecular flexibility index (Phi) is 3.65. The summed E-state index contributed by atoms with van der Waals surface area (Å²) in [6.45, 7) is 4.67. The fourth-order valence-electron chi connectivity index (χ4n) is 2.74. The molecule has 2 atom stereocenters. The molecule has 2 aromatic rings. The molecule has 0 unspecified atom stereocenters. The number of aryl methyl sites for hydroxylation is 2. The van der Waals surface area contributed by atoms with Gasteiger partial charge in [-0.15, -0.1) is 0 Å². The minimum Gasteiger partial charge on any atom is -0.488 e. The van der Waals surface area contributed by atoms with E-state index in [1.807, 2.05) is 37.6 Å². The van der Waals surface area contributed by atoms with Crippen LogP contribution >= 0.6 is 15.9 Å². The second kappa shape index (κ2) is 5.33. The van der Waals surface area contributed by atoms with Crippen LogP contribution in [0.1, 0.15) is 19.2 Å². The third-order valence-corrected chi connectivity index (χ3v) is 4.57. The fourth-order valence-corrected chi connectivity index (χ4v) is 3.16. The summed E-state index contributed by atoms with van der Waals surface area (Å²) in [6.07, 6.45) is 0.500. The molecule has 0 bridgehead atoms. The van der Waals surface area contributed by atoms with Crippen LogP contribution in [0.2, 0.25) is 0 Å². The summed E-state index contributed by atoms with van der Waals surface area (Å²) < 4.78 is 9.12. The number of aromatic nitrogens is 2. The van der Waals surface area contributed by atoms with Crippen LogP contribution in [0.5, 0.6) is 5.75 Å². The number of hydrogen-bond acceptors (Lipinski definition) is 3. The highest BCUT2D eigenvalue weighted by atomic mass is 79.9. The Bertz CT molecular complexity index is 710. The number of nitrogens with zero attached hydrogens (tertiary/aromatic N) is 2. The third kappa shape index (κ3) is 2.64. The average molecular weight is 352 g/mol. The molecule has 5 nitrogen and oxygen atoms in total. The van der Waals surface area contributed by atoms with Gasteiger partial charge >= 0.3 is 0 Å². The lowest BCUT2D eigenvalue weighted by atomic mass is 10.0. The van der Waals surface area contributed by atoms with Crippen molar-refractivity contribution in [2.24, 2.45) is 13.0 Å². The first-order chi connectivity index (χ1) is 9.95. The Morgan fingerprint density at radius 3 is 2.95 bits per heavy atom. The van der Waals surface area contributed by atoms with E-state index >= 15 is 0 Å². The molecule has 0 aliphatic carbocycles. The molecule has 1 aliphatic rings. The number of halogens is 1. The molecule has 3 rings (SSSR count). The Labute approximate surface area is 131 Å². The van der Waals surface area contributed by atoms with Crippen molar-refractivity contribution >= 4 is 32.9 Å². The third-order valence-electron chi connectivity index (χ3n) is 4.11. The summed E-state index contributed by atoms with van der Waals surface area (Å²) in [7, 11) is 1.98. The molecule has 6 heteroatoms. The van der Waals surface area contributed by atoms with E-state index in [0.717, 1.165) is 27.1 Å². The molecule has 112 valence electrons. The number of fused-ring (bicyclic) bond motifs is 1. The molecule has 1 aromatic carbocycles. The van der Waals surface area contributed by atoms with E-state index in [9.17, 15) is 4.79 Å². The first-order valence-electron chi connectivity index (χ1n) is 7.01. The maximum atomic E-state index is 11.3. The van der Waals surface area contributed by atoms with Crippen LogP contribution in [-0.2, 0) is 11.8 Å². The number of benzene rings is 1. The first kappa shape index (κ1) is 14.4. The molecule has 21 heavy (non-hydrogen) atoms. The van der Waals surface area contributed by atoms with E-state index in [0.29, 0.717) is 13.0 Å². The van der Waals surface area contributed by atoms with Gasteiger partial charge in [0.05, 0.1) is 5.52 Å². The van der Waals surface area contributed by atoms with Gasteiger partial charge in [-0.1, -0.05) is 15.9 Å². The van der Waals surface area contributed by atoms with Crippen molar-refractivity contribution in [3.05, 3.63) is 22.4 Å². The zero-order valence-corrected chi connectivity index (χ0v) is 13.9. The molecule has 0 spiro atoms. The molecular formula is C15H18BrN3O2. The number of ether oxygens (including phenoxy) is 1. The lowest BCUT2D eigenvalue weighted by Crippen LogP contribution is -2.25. The summed E-state index contributed by atoms with van der Waals surface area (Å²) in [5, 5.41) is 2.85. The minimum absolute atomic E-state index is 0.0309. The van der Waals surface area contributed by atoms with Gasteiger partial charge in [0.15, 0.2) is 0 Å². The van der Waals surface area contributed by atoms with Crippen LogP contribution in [0, 0.1) is 12.8 Å². The van der Waals surface area contributed by atoms with Crippen molar-refractivity contribution in [1.82, 2.24) is 14.9 Å². The Hall–Kier alpha value is -1.56. The number of nitrogens with one attached hydrogen (secondary N) is 1. The van der Waals surface area contributed by atoms with Gasteiger partial charge in [0.25, 0.3) is 0 Å². The van der Waals surface area contributed by atoms with E-state index in [1.54, 1.807) is 0 Å². The predicted molar refractivity (Wildman–Crippen MR) is 84.4 cm³/mol. The van der Waals surface area contributed by atoms with Crippen LogP contribution in [0.15, 0.2) is 16.6 Å². The van der Waals surface area contributed by atoms with Gasteiger partial charge in [-0.3, -0.25) is 4.79 Å². The summed E-state index contributed by atoms with van der Waals surface area (Å²) in [6, 6.07) is 3.95. The van der Waals surface area contributed by atoms with Gasteiger partial charge in [-0.25, -0.2) is 4.98 Å². The van der Waals surface area contributed by atoms with Crippen molar-refractivity contribution in [3.63, 3.8) is 0 Å². The van der Waals surface area contributed by atoms with Gasteiger partial charge in [0.2, 0.25) is 5.91 Å². The molecule has 0 saturated carbocycles. The second-order valence-electron chi connectivity index (χ2n) is 5.58. The number of rotatable bonds is 3. The Balaban J connectivity index is 1.94. The normalized spacial score (nSPS) is 19.8. The monoisotopic (exact) mass is 351 g/mol. The van der Waals surface area contributed by atoms with E-state index in [2.05, 4.69) is 26.2 Å². The summed E-state index contributed by atoms with van der Waals surface area (Å²) in [4.78, 5) is 15.9. The van der Waals surface area contributed by atoms with Gasteiger partial charge in [-0.05, 0) is 26.0 Å². The summed E-state index contributed by atoms with van der Waals surface area (Å²) in [5.41, 5.74) is 1.90. The molecule has 1 aromatic heterocycles. The SMILES string of the molecule is Cc1nc2cc(Br)cc(O[C@H](C)[C@H]3CNC(=O)C3)c2n1C. The number of carbonyl (C=O) groups is 1. The Morgan fingerprint density at radius 2 is 2.29 bits per heavy atom. The largest absolute Gasteiger partial charge is 0.488 e. The van der Waals surface area contributed by atoms with Crippen molar-refractivity contribution < 1.29 is 9.53 Å². The molecule has 2 heterocycles. The standard InChI is InChI=1S/C15H18BrN3O2/c1-8(10-4-14(20)17-7-10)21-13-6-11(16)5-12-15(13)19(3)9(2)18-12/h5-6,8,10H,4,7H2,1-3H3,(H,17,20)/t8-,10-/m1/s1. The molecule has 0 radical (unpaired) electrons. The molecule has 1 saturated heterocycles. The van der Waals surface area contributed by atoms with Gasteiger partial charge in [-0.2, -0.15) is 0 Å². The van der Waals surface area contributed by atoms with Crippen LogP contribution in [0.4, 0.5) is 0 Å². The number of carbonyl (C=O) groups excluding carboxylic acids is 1. The maximum Gasteiger partial charge on any atom is 0.220 e. The van der Waals surface area contributed by atoms with Crippen molar-refractivity contribution in [2.45, 2.75) is 26.4 Å². The smallest absolute Gasteiger partial charge is 0.220 e. The lowest BCUT2D eigenvalue weighted by Gasteiger charge is -2.20. The highest BCUT2D eigenvalue weighted by molar-refractivity contribution is 9.10. The number of amides is 1.